The molecule has 1 aromatic rings. The molecule has 0 radical (unpaired) electrons. The molecule has 0 unspecified atom stereocenters. The molecular formula is C13H16O2. The molecule has 1 aromatic carbocycles. The Morgan fingerprint density at radius 1 is 1.07 bits per heavy atom. The van der Waals surface area contributed by atoms with E-state index >= 15 is 0 Å². The maximum Gasteiger partial charge on any atom is 0.163 e. The molecule has 2 nitrogen and oxygen atoms in total. The quantitative estimate of drug-likeness (QED) is 0.709. The zero-order valence-electron chi connectivity index (χ0n) is 9.68. The van der Waals surface area contributed by atoms with Crippen molar-refractivity contribution in [2.75, 3.05) is 0 Å². The number of hydrogen-bond acceptors (Lipinski definition) is 2. The van der Waals surface area contributed by atoms with Crippen LogP contribution in [0.25, 0.3) is 0 Å². The monoisotopic (exact) mass is 204 g/mol. The van der Waals surface area contributed by atoms with E-state index in [4.69, 9.17) is 0 Å². The van der Waals surface area contributed by atoms with Crippen LogP contribution in [0.1, 0.15) is 52.1 Å². The highest BCUT2D eigenvalue weighted by Gasteiger charge is 2.17. The Morgan fingerprint density at radius 3 is 1.93 bits per heavy atom. The van der Waals surface area contributed by atoms with Crippen molar-refractivity contribution in [3.05, 3.63) is 34.4 Å². The Labute approximate surface area is 90.3 Å². The SMILES string of the molecule is CCC(=O)c1c(C)ccc(C)c1C(C)=O. The third-order valence-corrected chi connectivity index (χ3v) is 2.57. The van der Waals surface area contributed by atoms with Crippen LogP contribution in [0.2, 0.25) is 0 Å². The standard InChI is InChI=1S/C13H16O2/c1-5-11(15)13-9(3)7-6-8(2)12(13)10(4)14/h6-7H,5H2,1-4H3. The lowest BCUT2D eigenvalue weighted by molar-refractivity contribution is 0.0964. The number of aryl methyl sites for hydroxylation is 2. The highest BCUT2D eigenvalue weighted by molar-refractivity contribution is 6.09. The molecule has 0 aliphatic rings. The molecule has 0 saturated heterocycles. The van der Waals surface area contributed by atoms with Crippen molar-refractivity contribution in [2.24, 2.45) is 0 Å². The number of rotatable bonds is 3. The van der Waals surface area contributed by atoms with Gasteiger partial charge in [0.05, 0.1) is 0 Å². The minimum atomic E-state index is -0.0343. The summed E-state index contributed by atoms with van der Waals surface area (Å²) in [6.45, 7) is 7.06. The second-order valence-electron chi connectivity index (χ2n) is 3.78. The Morgan fingerprint density at radius 2 is 1.53 bits per heavy atom. The van der Waals surface area contributed by atoms with Gasteiger partial charge in [-0.15, -0.1) is 0 Å². The van der Waals surface area contributed by atoms with E-state index < -0.39 is 0 Å². The van der Waals surface area contributed by atoms with Crippen molar-refractivity contribution >= 4 is 11.6 Å². The van der Waals surface area contributed by atoms with Crippen molar-refractivity contribution in [1.29, 1.82) is 0 Å². The van der Waals surface area contributed by atoms with Crippen LogP contribution in [-0.4, -0.2) is 11.6 Å². The molecule has 0 amide bonds. The summed E-state index contributed by atoms with van der Waals surface area (Å²) in [7, 11) is 0. The normalized spacial score (nSPS) is 10.1. The first-order chi connectivity index (χ1) is 6.99. The van der Waals surface area contributed by atoms with E-state index in [9.17, 15) is 9.59 Å². The third-order valence-electron chi connectivity index (χ3n) is 2.57. The first kappa shape index (κ1) is 11.6. The smallest absolute Gasteiger partial charge is 0.163 e. The minimum Gasteiger partial charge on any atom is -0.294 e. The van der Waals surface area contributed by atoms with Gasteiger partial charge < -0.3 is 0 Å². The topological polar surface area (TPSA) is 34.1 Å². The van der Waals surface area contributed by atoms with Gasteiger partial charge in [0.25, 0.3) is 0 Å². The maximum atomic E-state index is 11.8. The molecule has 15 heavy (non-hydrogen) atoms. The Balaban J connectivity index is 3.52. The fourth-order valence-electron chi connectivity index (χ4n) is 1.80. The summed E-state index contributed by atoms with van der Waals surface area (Å²) < 4.78 is 0. The second kappa shape index (κ2) is 4.39. The first-order valence-corrected chi connectivity index (χ1v) is 5.13. The number of carbonyl (C=O) groups excluding carboxylic acids is 2. The van der Waals surface area contributed by atoms with E-state index in [0.717, 1.165) is 11.1 Å². The van der Waals surface area contributed by atoms with Crippen LogP contribution in [0.4, 0.5) is 0 Å². The second-order valence-corrected chi connectivity index (χ2v) is 3.78. The van der Waals surface area contributed by atoms with Crippen molar-refractivity contribution in [1.82, 2.24) is 0 Å². The van der Waals surface area contributed by atoms with Crippen molar-refractivity contribution < 1.29 is 9.59 Å². The van der Waals surface area contributed by atoms with Crippen molar-refractivity contribution in [3.63, 3.8) is 0 Å². The molecule has 0 aliphatic heterocycles. The summed E-state index contributed by atoms with van der Waals surface area (Å²) in [5.74, 6) is 0.00870. The molecule has 0 spiro atoms. The van der Waals surface area contributed by atoms with Gasteiger partial charge >= 0.3 is 0 Å². The summed E-state index contributed by atoms with van der Waals surface area (Å²) in [4.78, 5) is 23.3. The van der Waals surface area contributed by atoms with Crippen LogP contribution >= 0.6 is 0 Å². The van der Waals surface area contributed by atoms with Gasteiger partial charge in [0.15, 0.2) is 11.6 Å². The summed E-state index contributed by atoms with van der Waals surface area (Å²) in [5.41, 5.74) is 2.95. The molecule has 0 aromatic heterocycles. The molecule has 0 aliphatic carbocycles. The lowest BCUT2D eigenvalue weighted by Crippen LogP contribution is -2.10. The summed E-state index contributed by atoms with van der Waals surface area (Å²) in [6.07, 6.45) is 0.435. The molecule has 0 atom stereocenters. The highest BCUT2D eigenvalue weighted by Crippen LogP contribution is 2.20. The summed E-state index contributed by atoms with van der Waals surface area (Å²) >= 11 is 0. The number of benzene rings is 1. The molecule has 1 rings (SSSR count). The Hall–Kier alpha value is -1.44. The van der Waals surface area contributed by atoms with Crippen LogP contribution < -0.4 is 0 Å². The zero-order chi connectivity index (χ0) is 11.6. The van der Waals surface area contributed by atoms with E-state index in [-0.39, 0.29) is 11.6 Å². The largest absolute Gasteiger partial charge is 0.294 e. The number of hydrogen-bond donors (Lipinski definition) is 0. The minimum absolute atomic E-state index is 0.0343. The molecule has 0 fully saturated rings. The van der Waals surface area contributed by atoms with E-state index in [1.807, 2.05) is 32.9 Å². The Kier molecular flexibility index (Phi) is 3.40. The van der Waals surface area contributed by atoms with E-state index in [2.05, 4.69) is 0 Å². The highest BCUT2D eigenvalue weighted by atomic mass is 16.1. The predicted octanol–water partition coefficient (Wildman–Crippen LogP) is 3.10. The fraction of sp³-hybridized carbons (Fsp3) is 0.385. The Bertz CT molecular complexity index is 417. The molecule has 2 heteroatoms. The summed E-state index contributed by atoms with van der Waals surface area (Å²) in [5, 5.41) is 0. The van der Waals surface area contributed by atoms with Gasteiger partial charge in [0, 0.05) is 17.5 Å². The maximum absolute atomic E-state index is 11.8. The molecule has 0 bridgehead atoms. The van der Waals surface area contributed by atoms with Gasteiger partial charge in [0.1, 0.15) is 0 Å². The van der Waals surface area contributed by atoms with E-state index in [1.54, 1.807) is 0 Å². The molecule has 0 saturated carbocycles. The lowest BCUT2D eigenvalue weighted by atomic mass is 9.91. The van der Waals surface area contributed by atoms with Crippen LogP contribution in [0, 0.1) is 13.8 Å². The van der Waals surface area contributed by atoms with Gasteiger partial charge in [0.2, 0.25) is 0 Å². The van der Waals surface area contributed by atoms with Gasteiger partial charge in [-0.05, 0) is 31.9 Å². The van der Waals surface area contributed by atoms with Crippen LogP contribution in [0.5, 0.6) is 0 Å². The molecular weight excluding hydrogens is 188 g/mol. The number of Topliss-reactive ketones (excluding diaryl/α,β-unsaturated/α-hetero) is 2. The zero-order valence-corrected chi connectivity index (χ0v) is 9.68. The van der Waals surface area contributed by atoms with Crippen LogP contribution in [0.3, 0.4) is 0 Å². The molecule has 80 valence electrons. The molecule has 0 N–H and O–H groups in total. The third kappa shape index (κ3) is 2.14. The first-order valence-electron chi connectivity index (χ1n) is 5.13. The van der Waals surface area contributed by atoms with Crippen LogP contribution in [-0.2, 0) is 0 Å². The van der Waals surface area contributed by atoms with E-state index in [1.165, 1.54) is 6.92 Å². The number of ketones is 2. The lowest BCUT2D eigenvalue weighted by Gasteiger charge is -2.11. The fourth-order valence-corrected chi connectivity index (χ4v) is 1.80. The van der Waals surface area contributed by atoms with Crippen molar-refractivity contribution in [2.45, 2.75) is 34.1 Å². The van der Waals surface area contributed by atoms with Crippen molar-refractivity contribution in [3.8, 4) is 0 Å². The van der Waals surface area contributed by atoms with Gasteiger partial charge in [-0.1, -0.05) is 19.1 Å². The van der Waals surface area contributed by atoms with Gasteiger partial charge in [-0.2, -0.15) is 0 Å². The molecule has 0 heterocycles. The predicted molar refractivity (Wildman–Crippen MR) is 60.5 cm³/mol. The number of carbonyl (C=O) groups is 2. The average Bonchev–Trinajstić information content (AvgIpc) is 2.19. The van der Waals surface area contributed by atoms with Gasteiger partial charge in [-0.3, -0.25) is 9.59 Å². The van der Waals surface area contributed by atoms with Crippen LogP contribution in [0.15, 0.2) is 12.1 Å². The summed E-state index contributed by atoms with van der Waals surface area (Å²) in [6, 6.07) is 3.78. The van der Waals surface area contributed by atoms with E-state index in [0.29, 0.717) is 17.5 Å². The van der Waals surface area contributed by atoms with Gasteiger partial charge in [-0.25, -0.2) is 0 Å². The average molecular weight is 204 g/mol.